The first-order chi connectivity index (χ1) is 14.6. The fourth-order valence-electron chi connectivity index (χ4n) is 4.12. The van der Waals surface area contributed by atoms with Crippen LogP contribution in [0.25, 0.3) is 11.1 Å². The normalized spacial score (nSPS) is 18.8. The molecule has 0 amide bonds. The summed E-state index contributed by atoms with van der Waals surface area (Å²) in [5.74, 6) is 0.190. The number of hydrogen-bond donors (Lipinski definition) is 0. The van der Waals surface area contributed by atoms with Crippen molar-refractivity contribution in [2.75, 3.05) is 0 Å². The fourth-order valence-corrected chi connectivity index (χ4v) is 4.12. The smallest absolute Gasteiger partial charge is 0.184 e. The van der Waals surface area contributed by atoms with Crippen molar-refractivity contribution < 1.29 is 18.5 Å². The first-order valence-electron chi connectivity index (χ1n) is 10.3. The number of ketones is 2. The van der Waals surface area contributed by atoms with Crippen molar-refractivity contribution in [1.82, 2.24) is 10.1 Å². The van der Waals surface area contributed by atoms with Gasteiger partial charge in [0.25, 0.3) is 0 Å². The molecule has 5 nitrogen and oxygen atoms in total. The van der Waals surface area contributed by atoms with Gasteiger partial charge in [0.15, 0.2) is 5.78 Å². The van der Waals surface area contributed by atoms with Crippen LogP contribution in [0.3, 0.4) is 0 Å². The molecule has 0 radical (unpaired) electrons. The molecular formula is C24H23FN2O3. The number of pyridine rings is 1. The van der Waals surface area contributed by atoms with Gasteiger partial charge in [-0.3, -0.25) is 14.6 Å². The van der Waals surface area contributed by atoms with E-state index in [0.29, 0.717) is 28.9 Å². The Hall–Kier alpha value is -3.15. The second-order valence-electron chi connectivity index (χ2n) is 7.89. The third kappa shape index (κ3) is 4.70. The molecule has 4 rings (SSSR count). The summed E-state index contributed by atoms with van der Waals surface area (Å²) in [7, 11) is 0. The van der Waals surface area contributed by atoms with E-state index >= 15 is 0 Å². The van der Waals surface area contributed by atoms with Crippen molar-refractivity contribution in [1.29, 1.82) is 0 Å². The molecule has 0 unspecified atom stereocenters. The van der Waals surface area contributed by atoms with Gasteiger partial charge in [-0.25, -0.2) is 4.39 Å². The summed E-state index contributed by atoms with van der Waals surface area (Å²) in [6.07, 6.45) is 7.07. The summed E-state index contributed by atoms with van der Waals surface area (Å²) in [5.41, 5.74) is 2.27. The lowest BCUT2D eigenvalue weighted by Gasteiger charge is -2.27. The molecule has 1 saturated carbocycles. The van der Waals surface area contributed by atoms with Gasteiger partial charge in [-0.2, -0.15) is 0 Å². The van der Waals surface area contributed by atoms with E-state index in [1.165, 1.54) is 12.3 Å². The Morgan fingerprint density at radius 3 is 2.50 bits per heavy atom. The first-order valence-corrected chi connectivity index (χ1v) is 10.3. The van der Waals surface area contributed by atoms with Crippen LogP contribution in [0.4, 0.5) is 4.39 Å². The Morgan fingerprint density at radius 2 is 1.83 bits per heavy atom. The summed E-state index contributed by atoms with van der Waals surface area (Å²) in [5, 5.41) is 3.70. The molecule has 0 atom stereocenters. The van der Waals surface area contributed by atoms with Crippen LogP contribution in [-0.4, -0.2) is 21.7 Å². The summed E-state index contributed by atoms with van der Waals surface area (Å²) in [6, 6.07) is 11.7. The van der Waals surface area contributed by atoms with E-state index in [1.807, 2.05) is 0 Å². The van der Waals surface area contributed by atoms with Crippen molar-refractivity contribution >= 4 is 11.6 Å². The summed E-state index contributed by atoms with van der Waals surface area (Å²) < 4.78 is 18.6. The monoisotopic (exact) mass is 406 g/mol. The minimum atomic E-state index is -0.290. The Bertz CT molecular complexity index is 1010. The van der Waals surface area contributed by atoms with Crippen molar-refractivity contribution in [3.8, 4) is 11.1 Å². The molecular weight excluding hydrogens is 383 g/mol. The SMILES string of the molecule is O=C(CC1CCC(C(=O)Cc2ccc(-c3ccccc3F)cn2)CC1)c1ccon1. The average Bonchev–Trinajstić information content (AvgIpc) is 3.30. The van der Waals surface area contributed by atoms with Crippen molar-refractivity contribution in [3.63, 3.8) is 0 Å². The number of hydrogen-bond acceptors (Lipinski definition) is 5. The quantitative estimate of drug-likeness (QED) is 0.513. The molecule has 1 fully saturated rings. The topological polar surface area (TPSA) is 73.1 Å². The maximum atomic E-state index is 13.9. The lowest BCUT2D eigenvalue weighted by Crippen LogP contribution is -2.24. The van der Waals surface area contributed by atoms with Gasteiger partial charge in [0.2, 0.25) is 0 Å². The van der Waals surface area contributed by atoms with Gasteiger partial charge in [0, 0.05) is 47.8 Å². The van der Waals surface area contributed by atoms with Gasteiger partial charge in [-0.05, 0) is 43.7 Å². The molecule has 1 aliphatic carbocycles. The standard InChI is InChI=1S/C24H23FN2O3/c25-21-4-2-1-3-20(21)18-9-10-19(26-15-18)14-23(28)17-7-5-16(6-8-17)13-24(29)22-11-12-30-27-22/h1-4,9-12,15-17H,5-8,13-14H2. The van der Waals surface area contributed by atoms with E-state index in [-0.39, 0.29) is 35.6 Å². The maximum absolute atomic E-state index is 13.9. The molecule has 1 aromatic carbocycles. The molecule has 1 aliphatic rings. The number of Topliss-reactive ketones (excluding diaryl/α,β-unsaturated/α-hetero) is 2. The Labute approximate surface area is 174 Å². The number of halogens is 1. The minimum absolute atomic E-state index is 0.00216. The summed E-state index contributed by atoms with van der Waals surface area (Å²) in [4.78, 5) is 29.2. The van der Waals surface area contributed by atoms with Crippen molar-refractivity contribution in [2.45, 2.75) is 38.5 Å². The number of benzene rings is 1. The van der Waals surface area contributed by atoms with Gasteiger partial charge < -0.3 is 4.52 Å². The molecule has 0 aliphatic heterocycles. The van der Waals surface area contributed by atoms with Crippen molar-refractivity contribution in [3.05, 3.63) is 72.1 Å². The van der Waals surface area contributed by atoms with Crippen LogP contribution in [0, 0.1) is 17.7 Å². The lowest BCUT2D eigenvalue weighted by molar-refractivity contribution is -0.123. The first kappa shape index (κ1) is 20.1. The van der Waals surface area contributed by atoms with Gasteiger partial charge in [0.1, 0.15) is 23.6 Å². The van der Waals surface area contributed by atoms with E-state index in [9.17, 15) is 14.0 Å². The Morgan fingerprint density at radius 1 is 1.03 bits per heavy atom. The van der Waals surface area contributed by atoms with Gasteiger partial charge in [-0.15, -0.1) is 0 Å². The molecule has 0 N–H and O–H groups in total. The highest BCUT2D eigenvalue weighted by atomic mass is 19.1. The van der Waals surface area contributed by atoms with E-state index in [4.69, 9.17) is 4.52 Å². The van der Waals surface area contributed by atoms with Crippen LogP contribution < -0.4 is 0 Å². The number of carbonyl (C=O) groups is 2. The van der Waals surface area contributed by atoms with Gasteiger partial charge >= 0.3 is 0 Å². The largest absolute Gasteiger partial charge is 0.364 e. The van der Waals surface area contributed by atoms with Crippen LogP contribution in [0.1, 0.15) is 48.3 Å². The molecule has 0 spiro atoms. The minimum Gasteiger partial charge on any atom is -0.364 e. The maximum Gasteiger partial charge on any atom is 0.184 e. The third-order valence-electron chi connectivity index (χ3n) is 5.86. The van der Waals surface area contributed by atoms with Crippen LogP contribution in [0.2, 0.25) is 0 Å². The Balaban J connectivity index is 1.29. The number of rotatable bonds is 7. The highest BCUT2D eigenvalue weighted by Gasteiger charge is 2.28. The van der Waals surface area contributed by atoms with Gasteiger partial charge in [-0.1, -0.05) is 29.4 Å². The molecule has 2 aromatic heterocycles. The fraction of sp³-hybridized carbons (Fsp3) is 0.333. The number of nitrogens with zero attached hydrogens (tertiary/aromatic N) is 2. The zero-order chi connectivity index (χ0) is 20.9. The predicted octanol–water partition coefficient (Wildman–Crippen LogP) is 5.07. The highest BCUT2D eigenvalue weighted by Crippen LogP contribution is 2.32. The summed E-state index contributed by atoms with van der Waals surface area (Å²) in [6.45, 7) is 0. The van der Waals surface area contributed by atoms with Crippen LogP contribution in [-0.2, 0) is 11.2 Å². The number of carbonyl (C=O) groups excluding carboxylic acids is 2. The molecule has 30 heavy (non-hydrogen) atoms. The zero-order valence-corrected chi connectivity index (χ0v) is 16.6. The van der Waals surface area contributed by atoms with Crippen LogP contribution in [0.5, 0.6) is 0 Å². The molecule has 2 heterocycles. The predicted molar refractivity (Wildman–Crippen MR) is 109 cm³/mol. The lowest BCUT2D eigenvalue weighted by atomic mass is 9.77. The van der Waals surface area contributed by atoms with Gasteiger partial charge in [0.05, 0.1) is 0 Å². The second kappa shape index (κ2) is 9.11. The molecule has 154 valence electrons. The van der Waals surface area contributed by atoms with E-state index in [0.717, 1.165) is 25.7 Å². The molecule has 3 aromatic rings. The molecule has 6 heteroatoms. The zero-order valence-electron chi connectivity index (χ0n) is 16.6. The van der Waals surface area contributed by atoms with E-state index in [2.05, 4.69) is 10.1 Å². The molecule has 0 bridgehead atoms. The second-order valence-corrected chi connectivity index (χ2v) is 7.89. The van der Waals surface area contributed by atoms with E-state index in [1.54, 1.807) is 42.6 Å². The van der Waals surface area contributed by atoms with E-state index < -0.39 is 0 Å². The number of aromatic nitrogens is 2. The highest BCUT2D eigenvalue weighted by molar-refractivity contribution is 5.94. The van der Waals surface area contributed by atoms with Crippen LogP contribution in [0.15, 0.2) is 59.4 Å². The average molecular weight is 406 g/mol. The van der Waals surface area contributed by atoms with Crippen molar-refractivity contribution in [2.24, 2.45) is 11.8 Å². The van der Waals surface area contributed by atoms with Crippen LogP contribution >= 0.6 is 0 Å². The summed E-state index contributed by atoms with van der Waals surface area (Å²) >= 11 is 0. The molecule has 0 saturated heterocycles. The Kier molecular flexibility index (Phi) is 6.12. The third-order valence-corrected chi connectivity index (χ3v) is 5.86.